The molecule has 0 unspecified atom stereocenters. The van der Waals surface area contributed by atoms with E-state index in [-0.39, 0.29) is 12.1 Å². The van der Waals surface area contributed by atoms with Gasteiger partial charge in [-0.05, 0) is 58.0 Å². The summed E-state index contributed by atoms with van der Waals surface area (Å²) in [6.07, 6.45) is 1.81. The average Bonchev–Trinajstić information content (AvgIpc) is 3.27. The van der Waals surface area contributed by atoms with Crippen molar-refractivity contribution in [2.24, 2.45) is 21.5 Å². The monoisotopic (exact) mass is 449 g/mol. The maximum absolute atomic E-state index is 6.11. The van der Waals surface area contributed by atoms with Gasteiger partial charge in [-0.15, -0.1) is 5.10 Å². The molecule has 9 nitrogen and oxygen atoms in total. The molecule has 2 aromatic carbocycles. The number of nitrogens with two attached hydrogens (primary N) is 2. The van der Waals surface area contributed by atoms with E-state index < -0.39 is 0 Å². The maximum atomic E-state index is 6.11. The van der Waals surface area contributed by atoms with Crippen LogP contribution in [0.3, 0.4) is 0 Å². The molecule has 0 aliphatic carbocycles. The molecule has 1 heterocycles. The SMILES string of the molecule is COc1cc(C(N)=NC(C)C)ccc1-c1cn(-c2ccc(C(N)=NC(C)C)cc2OC)nn1. The number of nitrogens with zero attached hydrogens (tertiary/aromatic N) is 5. The van der Waals surface area contributed by atoms with Gasteiger partial charge in [-0.25, -0.2) is 4.68 Å². The van der Waals surface area contributed by atoms with Gasteiger partial charge in [0.2, 0.25) is 0 Å². The molecular weight excluding hydrogens is 418 g/mol. The molecule has 0 aliphatic heterocycles. The Labute approximate surface area is 194 Å². The third kappa shape index (κ3) is 5.49. The highest BCUT2D eigenvalue weighted by atomic mass is 16.5. The number of benzene rings is 2. The lowest BCUT2D eigenvalue weighted by atomic mass is 10.1. The average molecular weight is 450 g/mol. The van der Waals surface area contributed by atoms with Gasteiger partial charge < -0.3 is 20.9 Å². The third-order valence-corrected chi connectivity index (χ3v) is 4.78. The van der Waals surface area contributed by atoms with Crippen LogP contribution in [0.4, 0.5) is 0 Å². The molecule has 3 rings (SSSR count). The van der Waals surface area contributed by atoms with E-state index in [4.69, 9.17) is 20.9 Å². The minimum absolute atomic E-state index is 0.0990. The number of hydrogen-bond acceptors (Lipinski definition) is 6. The zero-order valence-electron chi connectivity index (χ0n) is 19.9. The molecule has 0 saturated heterocycles. The molecule has 0 saturated carbocycles. The fourth-order valence-electron chi connectivity index (χ4n) is 3.30. The summed E-state index contributed by atoms with van der Waals surface area (Å²) in [4.78, 5) is 8.80. The Morgan fingerprint density at radius 3 is 1.94 bits per heavy atom. The van der Waals surface area contributed by atoms with Crippen LogP contribution in [0, 0.1) is 0 Å². The number of methoxy groups -OCH3 is 2. The Morgan fingerprint density at radius 1 is 0.848 bits per heavy atom. The molecule has 4 N–H and O–H groups in total. The first kappa shape index (κ1) is 23.8. The molecule has 0 radical (unpaired) electrons. The second kappa shape index (κ2) is 10.2. The standard InChI is InChI=1S/C24H31N7O2/c1-14(2)27-23(25)16-7-9-18(21(11-16)32-5)19-13-31(30-29-19)20-10-8-17(12-22(20)33-6)24(26)28-15(3)4/h7-15H,1-6H3,(H2,25,27)(H2,26,28). The quantitative estimate of drug-likeness (QED) is 0.402. The minimum atomic E-state index is 0.0990. The number of ether oxygens (including phenoxy) is 2. The van der Waals surface area contributed by atoms with Gasteiger partial charge in [-0.1, -0.05) is 11.3 Å². The molecule has 33 heavy (non-hydrogen) atoms. The normalized spacial score (nSPS) is 12.5. The number of aromatic nitrogens is 3. The van der Waals surface area contributed by atoms with Crippen molar-refractivity contribution in [1.29, 1.82) is 0 Å². The van der Waals surface area contributed by atoms with Crippen molar-refractivity contribution in [3.63, 3.8) is 0 Å². The van der Waals surface area contributed by atoms with Crippen LogP contribution in [0.25, 0.3) is 16.9 Å². The van der Waals surface area contributed by atoms with Crippen molar-refractivity contribution in [2.75, 3.05) is 14.2 Å². The van der Waals surface area contributed by atoms with E-state index in [1.165, 1.54) is 0 Å². The Kier molecular flexibility index (Phi) is 7.32. The fourth-order valence-corrected chi connectivity index (χ4v) is 3.30. The molecule has 0 spiro atoms. The molecule has 174 valence electrons. The largest absolute Gasteiger partial charge is 0.496 e. The van der Waals surface area contributed by atoms with Crippen molar-refractivity contribution in [3.8, 4) is 28.4 Å². The van der Waals surface area contributed by atoms with E-state index >= 15 is 0 Å². The van der Waals surface area contributed by atoms with Crippen LogP contribution in [-0.2, 0) is 0 Å². The van der Waals surface area contributed by atoms with Crippen molar-refractivity contribution >= 4 is 11.7 Å². The molecular formula is C24H31N7O2. The highest BCUT2D eigenvalue weighted by Gasteiger charge is 2.15. The number of aliphatic imine (C=N–C) groups is 2. The Morgan fingerprint density at radius 2 is 1.39 bits per heavy atom. The zero-order valence-corrected chi connectivity index (χ0v) is 19.9. The summed E-state index contributed by atoms with van der Waals surface area (Å²) in [5.41, 5.74) is 15.9. The van der Waals surface area contributed by atoms with Gasteiger partial charge in [0.1, 0.15) is 34.6 Å². The lowest BCUT2D eigenvalue weighted by Crippen LogP contribution is -2.16. The summed E-state index contributed by atoms with van der Waals surface area (Å²) in [7, 11) is 3.20. The van der Waals surface area contributed by atoms with Crippen molar-refractivity contribution in [3.05, 3.63) is 53.7 Å². The van der Waals surface area contributed by atoms with Gasteiger partial charge in [0.15, 0.2) is 0 Å². The van der Waals surface area contributed by atoms with Crippen LogP contribution in [0.15, 0.2) is 52.6 Å². The summed E-state index contributed by atoms with van der Waals surface area (Å²) in [5, 5.41) is 8.62. The molecule has 0 atom stereocenters. The Bertz CT molecular complexity index is 1090. The molecule has 0 aliphatic rings. The van der Waals surface area contributed by atoms with Gasteiger partial charge in [-0.2, -0.15) is 0 Å². The van der Waals surface area contributed by atoms with Crippen molar-refractivity contribution in [2.45, 2.75) is 39.8 Å². The first-order valence-corrected chi connectivity index (χ1v) is 10.7. The topological polar surface area (TPSA) is 126 Å². The van der Waals surface area contributed by atoms with E-state index in [0.29, 0.717) is 28.9 Å². The lowest BCUT2D eigenvalue weighted by molar-refractivity contribution is 0.411. The third-order valence-electron chi connectivity index (χ3n) is 4.78. The molecule has 9 heteroatoms. The van der Waals surface area contributed by atoms with Gasteiger partial charge in [-0.3, -0.25) is 9.98 Å². The van der Waals surface area contributed by atoms with Crippen LogP contribution in [0.1, 0.15) is 38.8 Å². The number of amidine groups is 2. The lowest BCUT2D eigenvalue weighted by Gasteiger charge is -2.11. The van der Waals surface area contributed by atoms with Gasteiger partial charge >= 0.3 is 0 Å². The van der Waals surface area contributed by atoms with Gasteiger partial charge in [0.05, 0.1) is 20.4 Å². The highest BCUT2D eigenvalue weighted by Crippen LogP contribution is 2.31. The van der Waals surface area contributed by atoms with E-state index in [0.717, 1.165) is 22.4 Å². The second-order valence-corrected chi connectivity index (χ2v) is 8.07. The number of hydrogen-bond donors (Lipinski definition) is 2. The Balaban J connectivity index is 1.97. The zero-order chi connectivity index (χ0) is 24.1. The summed E-state index contributed by atoms with van der Waals surface area (Å²) >= 11 is 0. The van der Waals surface area contributed by atoms with E-state index in [1.807, 2.05) is 70.3 Å². The van der Waals surface area contributed by atoms with Crippen molar-refractivity contribution < 1.29 is 9.47 Å². The van der Waals surface area contributed by atoms with Crippen LogP contribution in [0.2, 0.25) is 0 Å². The highest BCUT2D eigenvalue weighted by molar-refractivity contribution is 5.99. The van der Waals surface area contributed by atoms with Crippen LogP contribution < -0.4 is 20.9 Å². The predicted octanol–water partition coefficient (Wildman–Crippen LogP) is 3.18. The summed E-state index contributed by atoms with van der Waals surface area (Å²) < 4.78 is 12.8. The first-order valence-electron chi connectivity index (χ1n) is 10.7. The summed E-state index contributed by atoms with van der Waals surface area (Å²) in [5.74, 6) is 2.15. The summed E-state index contributed by atoms with van der Waals surface area (Å²) in [6, 6.07) is 11.4. The Hall–Kier alpha value is -3.88. The number of rotatable bonds is 8. The van der Waals surface area contributed by atoms with Crippen LogP contribution >= 0.6 is 0 Å². The van der Waals surface area contributed by atoms with E-state index in [2.05, 4.69) is 20.3 Å². The molecule has 0 bridgehead atoms. The van der Waals surface area contributed by atoms with Crippen LogP contribution in [0.5, 0.6) is 11.5 Å². The van der Waals surface area contributed by atoms with Crippen LogP contribution in [-0.4, -0.2) is 53.0 Å². The van der Waals surface area contributed by atoms with E-state index in [1.54, 1.807) is 18.9 Å². The molecule has 1 aromatic heterocycles. The first-order chi connectivity index (χ1) is 15.7. The molecule has 0 fully saturated rings. The van der Waals surface area contributed by atoms with Gasteiger partial charge in [0, 0.05) is 28.8 Å². The minimum Gasteiger partial charge on any atom is -0.496 e. The predicted molar refractivity (Wildman–Crippen MR) is 132 cm³/mol. The van der Waals surface area contributed by atoms with Crippen molar-refractivity contribution in [1.82, 2.24) is 15.0 Å². The molecule has 0 amide bonds. The summed E-state index contributed by atoms with van der Waals surface area (Å²) in [6.45, 7) is 7.90. The van der Waals surface area contributed by atoms with E-state index in [9.17, 15) is 0 Å². The smallest absolute Gasteiger partial charge is 0.145 e. The fraction of sp³-hybridized carbons (Fsp3) is 0.333. The maximum Gasteiger partial charge on any atom is 0.145 e. The molecule has 3 aromatic rings. The van der Waals surface area contributed by atoms with Gasteiger partial charge in [0.25, 0.3) is 0 Å². The second-order valence-electron chi connectivity index (χ2n) is 8.07.